The van der Waals surface area contributed by atoms with Gasteiger partial charge in [0, 0.05) is 4.88 Å². The van der Waals surface area contributed by atoms with E-state index in [1.807, 2.05) is 12.1 Å². The van der Waals surface area contributed by atoms with Gasteiger partial charge in [0.15, 0.2) is 5.75 Å². The van der Waals surface area contributed by atoms with Crippen LogP contribution in [0, 0.1) is 10.1 Å². The second kappa shape index (κ2) is 6.03. The molecule has 0 fully saturated rings. The Morgan fingerprint density at radius 1 is 1.37 bits per heavy atom. The summed E-state index contributed by atoms with van der Waals surface area (Å²) in [6.07, 6.45) is 0. The number of thiophene rings is 1. The highest BCUT2D eigenvalue weighted by atomic mass is 79.9. The maximum Gasteiger partial charge on any atom is 0.314 e. The van der Waals surface area contributed by atoms with E-state index in [1.54, 1.807) is 12.1 Å². The van der Waals surface area contributed by atoms with Crippen LogP contribution in [0.4, 0.5) is 5.69 Å². The highest BCUT2D eigenvalue weighted by molar-refractivity contribution is 9.11. The van der Waals surface area contributed by atoms with Crippen LogP contribution >= 0.6 is 27.3 Å². The lowest BCUT2D eigenvalue weighted by Gasteiger charge is -2.06. The van der Waals surface area contributed by atoms with Crippen molar-refractivity contribution in [1.82, 2.24) is 0 Å². The van der Waals surface area contributed by atoms with Gasteiger partial charge in [0.05, 0.1) is 21.9 Å². The summed E-state index contributed by atoms with van der Waals surface area (Å²) in [5.41, 5.74) is -0.102. The average Bonchev–Trinajstić information content (AvgIpc) is 2.82. The van der Waals surface area contributed by atoms with E-state index >= 15 is 0 Å². The minimum atomic E-state index is -0.484. The third kappa shape index (κ3) is 3.45. The van der Waals surface area contributed by atoms with Gasteiger partial charge >= 0.3 is 5.69 Å². The summed E-state index contributed by atoms with van der Waals surface area (Å²) in [6, 6.07) is 8.34. The van der Waals surface area contributed by atoms with Gasteiger partial charge in [-0.15, -0.1) is 11.3 Å². The predicted octanol–water partition coefficient (Wildman–Crippen LogP) is 4.01. The van der Waals surface area contributed by atoms with Crippen LogP contribution in [0.2, 0.25) is 0 Å². The third-order valence-corrected chi connectivity index (χ3v) is 3.96. The van der Waals surface area contributed by atoms with Crippen molar-refractivity contribution in [3.63, 3.8) is 0 Å². The topological polar surface area (TPSA) is 61.6 Å². The smallest absolute Gasteiger partial charge is 0.314 e. The van der Waals surface area contributed by atoms with Crippen molar-refractivity contribution in [2.45, 2.75) is 6.61 Å². The molecule has 100 valence electrons. The Bertz CT molecular complexity index is 599. The van der Waals surface area contributed by atoms with Crippen LogP contribution < -0.4 is 9.47 Å². The van der Waals surface area contributed by atoms with Gasteiger partial charge in [-0.1, -0.05) is 0 Å². The summed E-state index contributed by atoms with van der Waals surface area (Å²) >= 11 is 4.88. The zero-order valence-electron chi connectivity index (χ0n) is 9.96. The van der Waals surface area contributed by atoms with Crippen LogP contribution in [-0.4, -0.2) is 12.0 Å². The van der Waals surface area contributed by atoms with Crippen molar-refractivity contribution in [3.8, 4) is 11.5 Å². The lowest BCUT2D eigenvalue weighted by Crippen LogP contribution is -1.98. The van der Waals surface area contributed by atoms with E-state index in [1.165, 1.54) is 24.5 Å². The first kappa shape index (κ1) is 13.8. The Morgan fingerprint density at radius 2 is 2.16 bits per heavy atom. The van der Waals surface area contributed by atoms with Gasteiger partial charge in [-0.3, -0.25) is 10.1 Å². The Balaban J connectivity index is 2.17. The third-order valence-electron chi connectivity index (χ3n) is 2.36. The van der Waals surface area contributed by atoms with Gasteiger partial charge in [-0.25, -0.2) is 0 Å². The number of nitro benzene ring substituents is 1. The van der Waals surface area contributed by atoms with Crippen molar-refractivity contribution >= 4 is 33.0 Å². The molecule has 2 aromatic rings. The Morgan fingerprint density at radius 3 is 2.74 bits per heavy atom. The molecule has 0 radical (unpaired) electrons. The fourth-order valence-corrected chi connectivity index (χ4v) is 2.86. The largest absolute Gasteiger partial charge is 0.496 e. The monoisotopic (exact) mass is 343 g/mol. The average molecular weight is 344 g/mol. The molecule has 0 aliphatic rings. The summed E-state index contributed by atoms with van der Waals surface area (Å²) in [7, 11) is 1.46. The van der Waals surface area contributed by atoms with Gasteiger partial charge in [-0.2, -0.15) is 0 Å². The molecule has 1 aromatic carbocycles. The summed E-state index contributed by atoms with van der Waals surface area (Å²) in [5.74, 6) is 0.660. The van der Waals surface area contributed by atoms with E-state index in [2.05, 4.69) is 15.9 Å². The minimum absolute atomic E-state index is 0.102. The van der Waals surface area contributed by atoms with E-state index in [0.717, 1.165) is 8.66 Å². The first-order valence-corrected chi connectivity index (χ1v) is 6.90. The van der Waals surface area contributed by atoms with Crippen LogP contribution in [-0.2, 0) is 6.61 Å². The van der Waals surface area contributed by atoms with Gasteiger partial charge in [0.2, 0.25) is 0 Å². The second-order valence-electron chi connectivity index (χ2n) is 3.59. The number of hydrogen-bond donors (Lipinski definition) is 0. The molecule has 0 spiro atoms. The highest BCUT2D eigenvalue weighted by Gasteiger charge is 2.16. The maximum absolute atomic E-state index is 11.0. The molecule has 0 atom stereocenters. The molecule has 1 heterocycles. The number of methoxy groups -OCH3 is 1. The Kier molecular flexibility index (Phi) is 4.39. The normalized spacial score (nSPS) is 10.2. The number of nitro groups is 1. The van der Waals surface area contributed by atoms with Crippen molar-refractivity contribution in [3.05, 3.63) is 49.1 Å². The summed E-state index contributed by atoms with van der Waals surface area (Å²) < 4.78 is 11.4. The quantitative estimate of drug-likeness (QED) is 0.607. The summed E-state index contributed by atoms with van der Waals surface area (Å²) in [6.45, 7) is 0.295. The van der Waals surface area contributed by atoms with Gasteiger partial charge in [-0.05, 0) is 40.2 Å². The summed E-state index contributed by atoms with van der Waals surface area (Å²) in [5, 5.41) is 11.0. The molecule has 0 aliphatic carbocycles. The molecule has 0 saturated carbocycles. The maximum atomic E-state index is 11.0. The highest BCUT2D eigenvalue weighted by Crippen LogP contribution is 2.32. The molecular formula is C12H10BrNO4S. The fraction of sp³-hybridized carbons (Fsp3) is 0.167. The van der Waals surface area contributed by atoms with E-state index in [9.17, 15) is 10.1 Å². The number of rotatable bonds is 5. The van der Waals surface area contributed by atoms with Crippen molar-refractivity contribution in [2.75, 3.05) is 7.11 Å². The first-order chi connectivity index (χ1) is 9.10. The standard InChI is InChI=1S/C12H10BrNO4S/c1-17-8-2-4-11(10(6-8)14(15)16)18-7-9-3-5-12(13)19-9/h2-6H,7H2,1H3. The number of hydrogen-bond acceptors (Lipinski definition) is 5. The van der Waals surface area contributed by atoms with E-state index in [-0.39, 0.29) is 11.4 Å². The van der Waals surface area contributed by atoms with Crippen LogP contribution in [0.1, 0.15) is 4.88 Å². The van der Waals surface area contributed by atoms with E-state index in [4.69, 9.17) is 9.47 Å². The molecule has 0 amide bonds. The number of benzene rings is 1. The number of nitrogens with zero attached hydrogens (tertiary/aromatic N) is 1. The van der Waals surface area contributed by atoms with Crippen molar-refractivity contribution in [2.24, 2.45) is 0 Å². The molecule has 5 nitrogen and oxygen atoms in total. The molecule has 0 saturated heterocycles. The summed E-state index contributed by atoms with van der Waals surface area (Å²) in [4.78, 5) is 11.5. The molecule has 19 heavy (non-hydrogen) atoms. The van der Waals surface area contributed by atoms with E-state index in [0.29, 0.717) is 12.4 Å². The molecule has 7 heteroatoms. The first-order valence-electron chi connectivity index (χ1n) is 5.29. The fourth-order valence-electron chi connectivity index (χ4n) is 1.47. The lowest BCUT2D eigenvalue weighted by molar-refractivity contribution is -0.386. The predicted molar refractivity (Wildman–Crippen MR) is 76.0 cm³/mol. The molecule has 0 unspecified atom stereocenters. The van der Waals surface area contributed by atoms with Crippen LogP contribution in [0.25, 0.3) is 0 Å². The number of halogens is 1. The molecule has 0 aliphatic heterocycles. The van der Waals surface area contributed by atoms with Crippen molar-refractivity contribution < 1.29 is 14.4 Å². The second-order valence-corrected chi connectivity index (χ2v) is 6.13. The zero-order valence-corrected chi connectivity index (χ0v) is 12.4. The van der Waals surface area contributed by atoms with Gasteiger partial charge < -0.3 is 9.47 Å². The van der Waals surface area contributed by atoms with Crippen LogP contribution in [0.3, 0.4) is 0 Å². The van der Waals surface area contributed by atoms with E-state index < -0.39 is 4.92 Å². The zero-order chi connectivity index (χ0) is 13.8. The van der Waals surface area contributed by atoms with Crippen LogP contribution in [0.5, 0.6) is 11.5 Å². The molecule has 2 rings (SSSR count). The lowest BCUT2D eigenvalue weighted by atomic mass is 10.3. The number of ether oxygens (including phenoxy) is 2. The molecule has 1 aromatic heterocycles. The molecule has 0 N–H and O–H groups in total. The SMILES string of the molecule is COc1ccc(OCc2ccc(Br)s2)c([N+](=O)[O-])c1. The van der Waals surface area contributed by atoms with Gasteiger partial charge in [0.25, 0.3) is 0 Å². The minimum Gasteiger partial charge on any atom is -0.496 e. The van der Waals surface area contributed by atoms with Crippen LogP contribution in [0.15, 0.2) is 34.1 Å². The Labute approximate surface area is 122 Å². The van der Waals surface area contributed by atoms with Crippen molar-refractivity contribution in [1.29, 1.82) is 0 Å². The van der Waals surface area contributed by atoms with Gasteiger partial charge in [0.1, 0.15) is 12.4 Å². The molecule has 0 bridgehead atoms. The molecular weight excluding hydrogens is 334 g/mol. The Hall–Kier alpha value is -1.60.